The Kier molecular flexibility index (Phi) is 1.66. The van der Waals surface area contributed by atoms with Gasteiger partial charge in [0.25, 0.3) is 0 Å². The van der Waals surface area contributed by atoms with Crippen LogP contribution in [-0.4, -0.2) is 26.2 Å². The Bertz CT molecular complexity index is 108. The van der Waals surface area contributed by atoms with Gasteiger partial charge in [-0.05, 0) is 31.2 Å². The SMILES string of the molecule is C1C[N]CC2(C1)CCNC2. The lowest BCUT2D eigenvalue weighted by molar-refractivity contribution is 0.232. The van der Waals surface area contributed by atoms with Crippen molar-refractivity contribution >= 4 is 0 Å². The first-order valence-corrected chi connectivity index (χ1v) is 4.25. The second kappa shape index (κ2) is 2.51. The maximum Gasteiger partial charge on any atom is 0.0202 e. The molecule has 1 N–H and O–H groups in total. The standard InChI is InChI=1S/C8H15N2/c1-2-8(6-9-4-1)3-5-10-7-8/h10H,1-7H2. The second-order valence-electron chi connectivity index (χ2n) is 3.64. The topological polar surface area (TPSA) is 26.1 Å². The van der Waals surface area contributed by atoms with E-state index < -0.39 is 0 Å². The summed E-state index contributed by atoms with van der Waals surface area (Å²) < 4.78 is 0. The molecule has 0 aromatic heterocycles. The van der Waals surface area contributed by atoms with Gasteiger partial charge in [-0.3, -0.25) is 0 Å². The molecule has 2 saturated heterocycles. The Labute approximate surface area is 62.4 Å². The van der Waals surface area contributed by atoms with Crippen LogP contribution >= 0.6 is 0 Å². The highest BCUT2D eigenvalue weighted by molar-refractivity contribution is 4.91. The highest BCUT2D eigenvalue weighted by Gasteiger charge is 2.35. The Morgan fingerprint density at radius 2 is 2.30 bits per heavy atom. The number of nitrogens with one attached hydrogen (secondary N) is 1. The number of hydrogen-bond acceptors (Lipinski definition) is 1. The Balaban J connectivity index is 1.98. The molecule has 2 heteroatoms. The average molecular weight is 139 g/mol. The zero-order valence-electron chi connectivity index (χ0n) is 6.40. The third-order valence-electron chi connectivity index (χ3n) is 2.80. The van der Waals surface area contributed by atoms with Crippen molar-refractivity contribution in [1.82, 2.24) is 10.6 Å². The van der Waals surface area contributed by atoms with Crippen molar-refractivity contribution in [2.24, 2.45) is 5.41 Å². The van der Waals surface area contributed by atoms with E-state index in [1.54, 1.807) is 0 Å². The molecule has 1 spiro atoms. The van der Waals surface area contributed by atoms with Gasteiger partial charge in [0.1, 0.15) is 0 Å². The Morgan fingerprint density at radius 3 is 2.90 bits per heavy atom. The van der Waals surface area contributed by atoms with Gasteiger partial charge in [-0.15, -0.1) is 0 Å². The summed E-state index contributed by atoms with van der Waals surface area (Å²) in [7, 11) is 0. The largest absolute Gasteiger partial charge is 0.316 e. The van der Waals surface area contributed by atoms with Gasteiger partial charge in [-0.1, -0.05) is 0 Å². The van der Waals surface area contributed by atoms with Crippen molar-refractivity contribution in [3.63, 3.8) is 0 Å². The van der Waals surface area contributed by atoms with Crippen LogP contribution in [0.2, 0.25) is 0 Å². The van der Waals surface area contributed by atoms with Crippen molar-refractivity contribution in [3.05, 3.63) is 0 Å². The highest BCUT2D eigenvalue weighted by Crippen LogP contribution is 2.32. The van der Waals surface area contributed by atoms with Crippen LogP contribution in [0.3, 0.4) is 0 Å². The molecule has 2 heterocycles. The minimum Gasteiger partial charge on any atom is -0.316 e. The van der Waals surface area contributed by atoms with Crippen molar-refractivity contribution in [1.29, 1.82) is 0 Å². The van der Waals surface area contributed by atoms with Gasteiger partial charge in [0.05, 0.1) is 0 Å². The third-order valence-corrected chi connectivity index (χ3v) is 2.80. The van der Waals surface area contributed by atoms with E-state index >= 15 is 0 Å². The normalized spacial score (nSPS) is 40.8. The predicted octanol–water partition coefficient (Wildman–Crippen LogP) is 0.364. The van der Waals surface area contributed by atoms with Crippen LogP contribution in [0.5, 0.6) is 0 Å². The Hall–Kier alpha value is -0.0800. The number of piperidine rings is 1. The smallest absolute Gasteiger partial charge is 0.0202 e. The molecule has 2 aliphatic heterocycles. The summed E-state index contributed by atoms with van der Waals surface area (Å²) in [5, 5.41) is 7.90. The minimum atomic E-state index is 0.595. The van der Waals surface area contributed by atoms with Gasteiger partial charge in [-0.25, -0.2) is 5.32 Å². The molecule has 0 bridgehead atoms. The first kappa shape index (κ1) is 6.62. The van der Waals surface area contributed by atoms with E-state index in [4.69, 9.17) is 0 Å². The van der Waals surface area contributed by atoms with Crippen molar-refractivity contribution in [2.75, 3.05) is 26.2 Å². The fraction of sp³-hybridized carbons (Fsp3) is 1.00. The van der Waals surface area contributed by atoms with Crippen LogP contribution in [-0.2, 0) is 0 Å². The first-order chi connectivity index (χ1) is 4.91. The average Bonchev–Trinajstić information content (AvgIpc) is 2.39. The molecule has 2 aliphatic rings. The molecular weight excluding hydrogens is 124 g/mol. The molecule has 0 aliphatic carbocycles. The number of hydrogen-bond donors (Lipinski definition) is 1. The minimum absolute atomic E-state index is 0.595. The van der Waals surface area contributed by atoms with Crippen LogP contribution in [0.15, 0.2) is 0 Å². The summed E-state index contributed by atoms with van der Waals surface area (Å²) in [6, 6.07) is 0. The lowest BCUT2D eigenvalue weighted by Gasteiger charge is -2.31. The van der Waals surface area contributed by atoms with E-state index in [2.05, 4.69) is 10.6 Å². The maximum atomic E-state index is 4.47. The Morgan fingerprint density at radius 1 is 1.30 bits per heavy atom. The predicted molar refractivity (Wildman–Crippen MR) is 41.0 cm³/mol. The van der Waals surface area contributed by atoms with Crippen molar-refractivity contribution in [2.45, 2.75) is 19.3 Å². The third kappa shape index (κ3) is 1.06. The first-order valence-electron chi connectivity index (χ1n) is 4.25. The molecule has 10 heavy (non-hydrogen) atoms. The van der Waals surface area contributed by atoms with Crippen LogP contribution < -0.4 is 10.6 Å². The molecule has 2 rings (SSSR count). The van der Waals surface area contributed by atoms with Gasteiger partial charge in [0, 0.05) is 19.6 Å². The molecule has 0 aromatic rings. The molecule has 2 nitrogen and oxygen atoms in total. The van der Waals surface area contributed by atoms with Gasteiger partial charge in [-0.2, -0.15) is 0 Å². The number of rotatable bonds is 0. The van der Waals surface area contributed by atoms with Crippen LogP contribution in [0, 0.1) is 5.41 Å². The lowest BCUT2D eigenvalue weighted by atomic mass is 9.80. The molecule has 1 atom stereocenters. The highest BCUT2D eigenvalue weighted by atomic mass is 15.0. The fourth-order valence-electron chi connectivity index (χ4n) is 2.10. The maximum absolute atomic E-state index is 4.47. The molecule has 0 saturated carbocycles. The lowest BCUT2D eigenvalue weighted by Crippen LogP contribution is -2.37. The van der Waals surface area contributed by atoms with Crippen molar-refractivity contribution in [3.8, 4) is 0 Å². The van der Waals surface area contributed by atoms with E-state index in [-0.39, 0.29) is 0 Å². The summed E-state index contributed by atoms with van der Waals surface area (Å²) >= 11 is 0. The second-order valence-corrected chi connectivity index (χ2v) is 3.64. The summed E-state index contributed by atoms with van der Waals surface area (Å²) in [5.41, 5.74) is 0.595. The van der Waals surface area contributed by atoms with E-state index in [0.29, 0.717) is 5.41 Å². The van der Waals surface area contributed by atoms with E-state index in [1.165, 1.54) is 32.4 Å². The summed E-state index contributed by atoms with van der Waals surface area (Å²) in [6.45, 7) is 4.67. The zero-order chi connectivity index (χ0) is 6.86. The summed E-state index contributed by atoms with van der Waals surface area (Å²) in [4.78, 5) is 0. The molecule has 2 fully saturated rings. The van der Waals surface area contributed by atoms with Gasteiger partial charge in [0.15, 0.2) is 0 Å². The molecule has 0 aromatic carbocycles. The van der Waals surface area contributed by atoms with Crippen LogP contribution in [0.25, 0.3) is 0 Å². The molecule has 1 unspecified atom stereocenters. The summed E-state index contributed by atoms with van der Waals surface area (Å²) in [5.74, 6) is 0. The van der Waals surface area contributed by atoms with E-state index in [1.807, 2.05) is 0 Å². The van der Waals surface area contributed by atoms with Crippen LogP contribution in [0.4, 0.5) is 0 Å². The number of nitrogens with zero attached hydrogens (tertiary/aromatic N) is 1. The molecular formula is C8H15N2. The van der Waals surface area contributed by atoms with E-state index in [0.717, 1.165) is 13.1 Å². The zero-order valence-corrected chi connectivity index (χ0v) is 6.40. The monoisotopic (exact) mass is 139 g/mol. The van der Waals surface area contributed by atoms with Crippen molar-refractivity contribution < 1.29 is 0 Å². The quantitative estimate of drug-likeness (QED) is 0.515. The molecule has 0 amide bonds. The van der Waals surface area contributed by atoms with E-state index in [9.17, 15) is 0 Å². The molecule has 57 valence electrons. The van der Waals surface area contributed by atoms with Gasteiger partial charge < -0.3 is 5.32 Å². The van der Waals surface area contributed by atoms with Gasteiger partial charge >= 0.3 is 0 Å². The molecule has 1 radical (unpaired) electrons. The van der Waals surface area contributed by atoms with Crippen LogP contribution in [0.1, 0.15) is 19.3 Å². The summed E-state index contributed by atoms with van der Waals surface area (Å²) in [6.07, 6.45) is 4.08. The fourth-order valence-corrected chi connectivity index (χ4v) is 2.10. The van der Waals surface area contributed by atoms with Gasteiger partial charge in [0.2, 0.25) is 0 Å².